The lowest BCUT2D eigenvalue weighted by molar-refractivity contribution is 0.203. The molecule has 0 aromatic heterocycles. The van der Waals surface area contributed by atoms with Crippen LogP contribution < -0.4 is 0 Å². The summed E-state index contributed by atoms with van der Waals surface area (Å²) in [5.41, 5.74) is 2.96. The monoisotopic (exact) mass is 231 g/mol. The Labute approximate surface area is 104 Å². The van der Waals surface area contributed by atoms with Crippen LogP contribution in [0.4, 0.5) is 0 Å². The third kappa shape index (κ3) is 4.85. The highest BCUT2D eigenvalue weighted by Gasteiger charge is 2.25. The molecule has 0 atom stereocenters. The number of nitrogens with zero attached hydrogens (tertiary/aromatic N) is 1. The SMILES string of the molecule is C=CC=NC(=C(C)C)/C(=C\C(=C)C)OC1CC1. The van der Waals surface area contributed by atoms with E-state index in [2.05, 4.69) is 18.2 Å². The van der Waals surface area contributed by atoms with Gasteiger partial charge in [-0.25, -0.2) is 0 Å². The van der Waals surface area contributed by atoms with Crippen LogP contribution in [-0.2, 0) is 4.74 Å². The Hall–Kier alpha value is -1.57. The van der Waals surface area contributed by atoms with Crippen LogP contribution in [0.2, 0.25) is 0 Å². The van der Waals surface area contributed by atoms with Crippen molar-refractivity contribution in [3.63, 3.8) is 0 Å². The first-order chi connectivity index (χ1) is 8.04. The molecule has 0 aromatic carbocycles. The molecule has 0 N–H and O–H groups in total. The van der Waals surface area contributed by atoms with Gasteiger partial charge in [0.25, 0.3) is 0 Å². The van der Waals surface area contributed by atoms with Crippen molar-refractivity contribution >= 4 is 6.21 Å². The maximum atomic E-state index is 5.89. The first kappa shape index (κ1) is 13.5. The average Bonchev–Trinajstić information content (AvgIpc) is 3.00. The van der Waals surface area contributed by atoms with E-state index >= 15 is 0 Å². The fourth-order valence-corrected chi connectivity index (χ4v) is 1.31. The molecule has 1 aliphatic rings. The van der Waals surface area contributed by atoms with E-state index in [9.17, 15) is 0 Å². The summed E-state index contributed by atoms with van der Waals surface area (Å²) in [6, 6.07) is 0. The van der Waals surface area contributed by atoms with Gasteiger partial charge in [0.05, 0.1) is 6.10 Å². The van der Waals surface area contributed by atoms with Gasteiger partial charge in [0.1, 0.15) is 11.5 Å². The van der Waals surface area contributed by atoms with Gasteiger partial charge >= 0.3 is 0 Å². The van der Waals surface area contributed by atoms with Crippen molar-refractivity contribution in [2.45, 2.75) is 39.7 Å². The molecule has 0 radical (unpaired) electrons. The Kier molecular flexibility index (Phi) is 4.95. The van der Waals surface area contributed by atoms with Gasteiger partial charge in [-0.15, -0.1) is 0 Å². The van der Waals surface area contributed by atoms with Crippen LogP contribution in [0, 0.1) is 0 Å². The largest absolute Gasteiger partial charge is 0.488 e. The van der Waals surface area contributed by atoms with Crippen LogP contribution in [0.15, 0.2) is 52.9 Å². The Morgan fingerprint density at radius 1 is 1.29 bits per heavy atom. The minimum absolute atomic E-state index is 0.355. The molecule has 0 heterocycles. The van der Waals surface area contributed by atoms with E-state index in [0.717, 1.165) is 35.4 Å². The Balaban J connectivity index is 2.99. The lowest BCUT2D eigenvalue weighted by atomic mass is 10.2. The number of hydrogen-bond donors (Lipinski definition) is 0. The number of ether oxygens (including phenoxy) is 1. The van der Waals surface area contributed by atoms with Crippen molar-refractivity contribution in [1.82, 2.24) is 0 Å². The predicted molar refractivity (Wildman–Crippen MR) is 74.1 cm³/mol. The molecular weight excluding hydrogens is 210 g/mol. The van der Waals surface area contributed by atoms with Gasteiger partial charge in [-0.05, 0) is 45.3 Å². The normalized spacial score (nSPS) is 15.8. The van der Waals surface area contributed by atoms with Gasteiger partial charge in [0.2, 0.25) is 0 Å². The first-order valence-corrected chi connectivity index (χ1v) is 5.91. The summed E-state index contributed by atoms with van der Waals surface area (Å²) in [5.74, 6) is 0.818. The molecule has 92 valence electrons. The first-order valence-electron chi connectivity index (χ1n) is 5.91. The minimum Gasteiger partial charge on any atom is -0.488 e. The second-order valence-corrected chi connectivity index (χ2v) is 4.53. The molecule has 0 amide bonds. The molecule has 1 aliphatic carbocycles. The van der Waals surface area contributed by atoms with Crippen molar-refractivity contribution in [1.29, 1.82) is 0 Å². The van der Waals surface area contributed by atoms with E-state index in [1.165, 1.54) is 0 Å². The highest BCUT2D eigenvalue weighted by molar-refractivity contribution is 5.72. The van der Waals surface area contributed by atoms with Crippen molar-refractivity contribution in [3.8, 4) is 0 Å². The van der Waals surface area contributed by atoms with E-state index in [0.29, 0.717) is 6.10 Å². The van der Waals surface area contributed by atoms with Crippen LogP contribution in [0.5, 0.6) is 0 Å². The fraction of sp³-hybridized carbons (Fsp3) is 0.400. The highest BCUT2D eigenvalue weighted by Crippen LogP contribution is 2.30. The fourth-order valence-electron chi connectivity index (χ4n) is 1.31. The second kappa shape index (κ2) is 6.24. The molecule has 2 heteroatoms. The highest BCUT2D eigenvalue weighted by atomic mass is 16.5. The molecule has 0 unspecified atom stereocenters. The van der Waals surface area contributed by atoms with Gasteiger partial charge in [-0.1, -0.05) is 24.8 Å². The number of allylic oxidation sites excluding steroid dienone is 4. The summed E-state index contributed by atoms with van der Waals surface area (Å²) >= 11 is 0. The summed E-state index contributed by atoms with van der Waals surface area (Å²) < 4.78 is 5.89. The summed E-state index contributed by atoms with van der Waals surface area (Å²) in [6.07, 6.45) is 7.92. The molecule has 0 bridgehead atoms. The molecule has 0 saturated heterocycles. The zero-order chi connectivity index (χ0) is 12.8. The zero-order valence-electron chi connectivity index (χ0n) is 11.0. The Bertz CT molecular complexity index is 391. The summed E-state index contributed by atoms with van der Waals surface area (Å²) in [7, 11) is 0. The third-order valence-electron chi connectivity index (χ3n) is 2.21. The molecule has 2 nitrogen and oxygen atoms in total. The topological polar surface area (TPSA) is 21.6 Å². The van der Waals surface area contributed by atoms with Crippen LogP contribution in [-0.4, -0.2) is 12.3 Å². The van der Waals surface area contributed by atoms with Crippen LogP contribution in [0.25, 0.3) is 0 Å². The molecule has 0 spiro atoms. The summed E-state index contributed by atoms with van der Waals surface area (Å²) in [4.78, 5) is 4.38. The van der Waals surface area contributed by atoms with E-state index in [1.54, 1.807) is 12.3 Å². The third-order valence-corrected chi connectivity index (χ3v) is 2.21. The van der Waals surface area contributed by atoms with E-state index in [-0.39, 0.29) is 0 Å². The van der Waals surface area contributed by atoms with Crippen LogP contribution in [0.3, 0.4) is 0 Å². The van der Waals surface area contributed by atoms with E-state index in [4.69, 9.17) is 4.74 Å². The van der Waals surface area contributed by atoms with Crippen molar-refractivity contribution in [2.75, 3.05) is 0 Å². The number of aliphatic imine (C=N–C) groups is 1. The molecular formula is C15H21NO. The van der Waals surface area contributed by atoms with Crippen LogP contribution >= 0.6 is 0 Å². The molecule has 0 aliphatic heterocycles. The molecule has 1 rings (SSSR count). The molecule has 1 fully saturated rings. The predicted octanol–water partition coefficient (Wildman–Crippen LogP) is 4.18. The minimum atomic E-state index is 0.355. The van der Waals surface area contributed by atoms with Gasteiger partial charge < -0.3 is 4.74 Å². The lowest BCUT2D eigenvalue weighted by Gasteiger charge is -2.12. The van der Waals surface area contributed by atoms with Gasteiger partial charge in [0.15, 0.2) is 0 Å². The van der Waals surface area contributed by atoms with Crippen molar-refractivity contribution < 1.29 is 4.74 Å². The maximum absolute atomic E-state index is 5.89. The van der Waals surface area contributed by atoms with Crippen LogP contribution in [0.1, 0.15) is 33.6 Å². The van der Waals surface area contributed by atoms with Gasteiger partial charge in [-0.2, -0.15) is 0 Å². The molecule has 17 heavy (non-hydrogen) atoms. The summed E-state index contributed by atoms with van der Waals surface area (Å²) in [6.45, 7) is 13.5. The second-order valence-electron chi connectivity index (χ2n) is 4.53. The van der Waals surface area contributed by atoms with E-state index < -0.39 is 0 Å². The van der Waals surface area contributed by atoms with E-state index in [1.807, 2.05) is 26.8 Å². The maximum Gasteiger partial charge on any atom is 0.145 e. The standard InChI is InChI=1S/C15H21NO/c1-6-9-16-15(12(4)5)14(10-11(2)3)17-13-7-8-13/h6,9-10,13H,1-2,7-8H2,3-5H3/b14-10+,16-9?. The smallest absolute Gasteiger partial charge is 0.145 e. The van der Waals surface area contributed by atoms with Gasteiger partial charge in [-0.3, -0.25) is 4.99 Å². The number of rotatable bonds is 6. The van der Waals surface area contributed by atoms with Crippen molar-refractivity contribution in [3.05, 3.63) is 47.9 Å². The zero-order valence-corrected chi connectivity index (χ0v) is 11.0. The Morgan fingerprint density at radius 3 is 2.35 bits per heavy atom. The van der Waals surface area contributed by atoms with Crippen molar-refractivity contribution in [2.24, 2.45) is 4.99 Å². The summed E-state index contributed by atoms with van der Waals surface area (Å²) in [5, 5.41) is 0. The number of hydrogen-bond acceptors (Lipinski definition) is 2. The molecule has 0 aromatic rings. The average molecular weight is 231 g/mol. The lowest BCUT2D eigenvalue weighted by Crippen LogP contribution is -1.99. The van der Waals surface area contributed by atoms with Gasteiger partial charge in [0, 0.05) is 6.21 Å². The molecule has 1 saturated carbocycles. The quantitative estimate of drug-likeness (QED) is 0.382. The Morgan fingerprint density at radius 2 is 1.94 bits per heavy atom.